The quantitative estimate of drug-likeness (QED) is 0.864. The summed E-state index contributed by atoms with van der Waals surface area (Å²) in [7, 11) is 0. The number of rotatable bonds is 5. The number of carbonyl (C=O) groups is 1. The van der Waals surface area contributed by atoms with Crippen LogP contribution in [0.4, 0.5) is 0 Å². The highest BCUT2D eigenvalue weighted by Crippen LogP contribution is 2.25. The van der Waals surface area contributed by atoms with Crippen LogP contribution in [0.3, 0.4) is 0 Å². The first-order valence-electron chi connectivity index (χ1n) is 5.84. The minimum Gasteiger partial charge on any atom is -0.481 e. The number of aliphatic carboxylic acids is 1. The Balaban J connectivity index is 1.97. The molecule has 0 aromatic carbocycles. The minimum atomic E-state index is -0.737. The lowest BCUT2D eigenvalue weighted by Crippen LogP contribution is -2.37. The molecular weight excluding hydrogens is 254 g/mol. The van der Waals surface area contributed by atoms with E-state index in [1.807, 2.05) is 29.3 Å². The van der Waals surface area contributed by atoms with E-state index in [2.05, 4.69) is 5.32 Å². The second-order valence-corrected chi connectivity index (χ2v) is 6.38. The van der Waals surface area contributed by atoms with E-state index in [0.717, 1.165) is 17.1 Å². The zero-order valence-electron chi connectivity index (χ0n) is 9.59. The number of hydrogen-bond acceptors (Lipinski definition) is 4. The van der Waals surface area contributed by atoms with Gasteiger partial charge in [0.2, 0.25) is 0 Å². The molecule has 5 heteroatoms. The van der Waals surface area contributed by atoms with E-state index in [1.165, 1.54) is 12.2 Å². The molecule has 1 aromatic rings. The number of thioether (sulfide) groups is 1. The smallest absolute Gasteiger partial charge is 0.305 e. The predicted molar refractivity (Wildman–Crippen MR) is 72.8 cm³/mol. The monoisotopic (exact) mass is 271 g/mol. The molecule has 2 atom stereocenters. The number of thiophene rings is 1. The van der Waals surface area contributed by atoms with Gasteiger partial charge in [-0.05, 0) is 30.0 Å². The Kier molecular flexibility index (Phi) is 4.88. The highest BCUT2D eigenvalue weighted by atomic mass is 32.2. The molecule has 1 aliphatic heterocycles. The summed E-state index contributed by atoms with van der Waals surface area (Å²) < 4.78 is 0. The fraction of sp³-hybridized carbons (Fsp3) is 0.583. The van der Waals surface area contributed by atoms with Crippen molar-refractivity contribution in [3.8, 4) is 0 Å². The Bertz CT molecular complexity index is 347. The molecule has 94 valence electrons. The van der Waals surface area contributed by atoms with Crippen LogP contribution in [0.1, 0.15) is 30.2 Å². The zero-order chi connectivity index (χ0) is 12.1. The molecule has 0 saturated carbocycles. The van der Waals surface area contributed by atoms with Gasteiger partial charge in [-0.2, -0.15) is 11.8 Å². The molecule has 2 N–H and O–H groups in total. The summed E-state index contributed by atoms with van der Waals surface area (Å²) in [4.78, 5) is 12.0. The Morgan fingerprint density at radius 3 is 3.12 bits per heavy atom. The molecule has 3 nitrogen and oxygen atoms in total. The molecule has 1 saturated heterocycles. The molecule has 0 bridgehead atoms. The van der Waals surface area contributed by atoms with E-state index in [-0.39, 0.29) is 12.5 Å². The third-order valence-electron chi connectivity index (χ3n) is 2.86. The first-order valence-corrected chi connectivity index (χ1v) is 7.88. The van der Waals surface area contributed by atoms with Crippen LogP contribution in [0.25, 0.3) is 0 Å². The molecule has 1 fully saturated rings. The van der Waals surface area contributed by atoms with Crippen molar-refractivity contribution in [1.29, 1.82) is 0 Å². The van der Waals surface area contributed by atoms with Gasteiger partial charge in [0.1, 0.15) is 0 Å². The minimum absolute atomic E-state index is 0.0313. The Labute approximate surface area is 110 Å². The van der Waals surface area contributed by atoms with Crippen LogP contribution in [-0.4, -0.2) is 28.6 Å². The van der Waals surface area contributed by atoms with Crippen LogP contribution in [0, 0.1) is 0 Å². The van der Waals surface area contributed by atoms with Gasteiger partial charge in [0, 0.05) is 16.7 Å². The maximum absolute atomic E-state index is 10.9. The molecule has 17 heavy (non-hydrogen) atoms. The lowest BCUT2D eigenvalue weighted by atomic mass is 10.1. The van der Waals surface area contributed by atoms with Crippen LogP contribution in [0.2, 0.25) is 0 Å². The van der Waals surface area contributed by atoms with Crippen molar-refractivity contribution in [2.75, 3.05) is 11.5 Å². The molecule has 0 amide bonds. The number of carboxylic acid groups (broad SMARTS) is 1. The van der Waals surface area contributed by atoms with Gasteiger partial charge in [-0.25, -0.2) is 0 Å². The third-order valence-corrected chi connectivity index (χ3v) is 5.06. The molecule has 0 spiro atoms. The van der Waals surface area contributed by atoms with Crippen molar-refractivity contribution in [1.82, 2.24) is 5.32 Å². The van der Waals surface area contributed by atoms with E-state index < -0.39 is 5.97 Å². The lowest BCUT2D eigenvalue weighted by molar-refractivity contribution is -0.137. The van der Waals surface area contributed by atoms with E-state index in [1.54, 1.807) is 11.3 Å². The van der Waals surface area contributed by atoms with E-state index in [4.69, 9.17) is 5.11 Å². The highest BCUT2D eigenvalue weighted by molar-refractivity contribution is 7.99. The molecule has 2 rings (SSSR count). The van der Waals surface area contributed by atoms with Crippen LogP contribution in [-0.2, 0) is 4.79 Å². The fourth-order valence-corrected chi connectivity index (χ4v) is 3.93. The third kappa shape index (κ3) is 4.01. The normalized spacial score (nSPS) is 22.2. The second-order valence-electron chi connectivity index (χ2n) is 4.25. The molecule has 2 heterocycles. The topological polar surface area (TPSA) is 49.3 Å². The Morgan fingerprint density at radius 2 is 2.53 bits per heavy atom. The van der Waals surface area contributed by atoms with Crippen LogP contribution < -0.4 is 5.32 Å². The molecule has 2 unspecified atom stereocenters. The van der Waals surface area contributed by atoms with Gasteiger partial charge in [0.25, 0.3) is 0 Å². The van der Waals surface area contributed by atoms with Crippen molar-refractivity contribution < 1.29 is 9.90 Å². The van der Waals surface area contributed by atoms with Crippen molar-refractivity contribution in [2.45, 2.75) is 31.3 Å². The zero-order valence-corrected chi connectivity index (χ0v) is 11.2. The Hall–Kier alpha value is -0.520. The Morgan fingerprint density at radius 1 is 1.65 bits per heavy atom. The van der Waals surface area contributed by atoms with Crippen LogP contribution >= 0.6 is 23.1 Å². The summed E-state index contributed by atoms with van der Waals surface area (Å²) in [5.41, 5.74) is 0. The lowest BCUT2D eigenvalue weighted by Gasteiger charge is -2.27. The highest BCUT2D eigenvalue weighted by Gasteiger charge is 2.22. The average molecular weight is 271 g/mol. The SMILES string of the molecule is O=C(O)CC(NC1CCCSC1)c1cccs1. The molecule has 1 aliphatic rings. The number of carboxylic acids is 1. The summed E-state index contributed by atoms with van der Waals surface area (Å²) in [6.07, 6.45) is 2.56. The summed E-state index contributed by atoms with van der Waals surface area (Å²) in [5.74, 6) is 1.60. The summed E-state index contributed by atoms with van der Waals surface area (Å²) >= 11 is 3.58. The predicted octanol–water partition coefficient (Wildman–Crippen LogP) is 2.75. The molecule has 1 aromatic heterocycles. The van der Waals surface area contributed by atoms with Gasteiger partial charge in [-0.15, -0.1) is 11.3 Å². The molecule has 0 radical (unpaired) electrons. The van der Waals surface area contributed by atoms with Crippen molar-refractivity contribution in [3.63, 3.8) is 0 Å². The largest absolute Gasteiger partial charge is 0.481 e. The van der Waals surface area contributed by atoms with Gasteiger partial charge in [0.05, 0.1) is 12.5 Å². The van der Waals surface area contributed by atoms with Crippen molar-refractivity contribution >= 4 is 29.1 Å². The maximum atomic E-state index is 10.9. The van der Waals surface area contributed by atoms with Gasteiger partial charge < -0.3 is 10.4 Å². The van der Waals surface area contributed by atoms with Crippen LogP contribution in [0.15, 0.2) is 17.5 Å². The van der Waals surface area contributed by atoms with Gasteiger partial charge in [-0.1, -0.05) is 6.07 Å². The maximum Gasteiger partial charge on any atom is 0.305 e. The van der Waals surface area contributed by atoms with Gasteiger partial charge in [-0.3, -0.25) is 4.79 Å². The molecule has 0 aliphatic carbocycles. The van der Waals surface area contributed by atoms with E-state index in [0.29, 0.717) is 6.04 Å². The van der Waals surface area contributed by atoms with Gasteiger partial charge in [0.15, 0.2) is 0 Å². The van der Waals surface area contributed by atoms with Crippen molar-refractivity contribution in [2.24, 2.45) is 0 Å². The average Bonchev–Trinajstić information content (AvgIpc) is 2.82. The van der Waals surface area contributed by atoms with E-state index in [9.17, 15) is 4.79 Å². The fourth-order valence-electron chi connectivity index (χ4n) is 2.06. The summed E-state index contributed by atoms with van der Waals surface area (Å²) in [6.45, 7) is 0. The first-order chi connectivity index (χ1) is 8.25. The number of nitrogens with one attached hydrogen (secondary N) is 1. The van der Waals surface area contributed by atoms with E-state index >= 15 is 0 Å². The first kappa shape index (κ1) is 12.9. The second kappa shape index (κ2) is 6.42. The van der Waals surface area contributed by atoms with Crippen LogP contribution in [0.5, 0.6) is 0 Å². The standard InChI is InChI=1S/C12H17NO2S2/c14-12(15)7-10(11-4-2-6-17-11)13-9-3-1-5-16-8-9/h2,4,6,9-10,13H,1,3,5,7-8H2,(H,14,15). The van der Waals surface area contributed by atoms with Crippen molar-refractivity contribution in [3.05, 3.63) is 22.4 Å². The summed E-state index contributed by atoms with van der Waals surface area (Å²) in [5, 5.41) is 14.5. The molecular formula is C12H17NO2S2. The van der Waals surface area contributed by atoms with Gasteiger partial charge >= 0.3 is 5.97 Å². The number of hydrogen-bond donors (Lipinski definition) is 2. The summed E-state index contributed by atoms with van der Waals surface area (Å²) in [6, 6.07) is 4.42.